The molecule has 5 nitrogen and oxygen atoms in total. The summed E-state index contributed by atoms with van der Waals surface area (Å²) in [5.74, 6) is 1.99. The van der Waals surface area contributed by atoms with E-state index in [1.54, 1.807) is 7.05 Å². The van der Waals surface area contributed by atoms with Crippen LogP contribution < -0.4 is 10.2 Å². The van der Waals surface area contributed by atoms with Crippen molar-refractivity contribution in [3.8, 4) is 0 Å². The quantitative estimate of drug-likeness (QED) is 0.346. The monoisotopic (exact) mass is 371 g/mol. The molecule has 7 heteroatoms. The van der Waals surface area contributed by atoms with E-state index in [0.717, 1.165) is 17.9 Å². The largest absolute Gasteiger partial charge is 0.369 e. The van der Waals surface area contributed by atoms with E-state index in [4.69, 9.17) is 5.33 Å². The Hall–Kier alpha value is -0.280. The summed E-state index contributed by atoms with van der Waals surface area (Å²) >= 11 is 5.39. The van der Waals surface area contributed by atoms with Gasteiger partial charge >= 0.3 is 0 Å². The molecule has 0 amide bonds. The van der Waals surface area contributed by atoms with Crippen molar-refractivity contribution >= 4 is 48.2 Å². The molecule has 0 atom stereocenters. The van der Waals surface area contributed by atoms with Crippen LogP contribution in [0.5, 0.6) is 0 Å². The fourth-order valence-corrected chi connectivity index (χ4v) is 1.44. The summed E-state index contributed by atoms with van der Waals surface area (Å²) < 4.78 is 10.9. The minimum Gasteiger partial charge on any atom is -0.369 e. The lowest BCUT2D eigenvalue weighted by molar-refractivity contribution is 0.191. The summed E-state index contributed by atoms with van der Waals surface area (Å²) in [5.41, 5.74) is 1.05. The fraction of sp³-hybridized carbons (Fsp3) is 0.600. The summed E-state index contributed by atoms with van der Waals surface area (Å²) in [6.07, 6.45) is 1.81. The highest BCUT2D eigenvalue weighted by molar-refractivity contribution is 14.0. The van der Waals surface area contributed by atoms with E-state index in [0.29, 0.717) is 18.5 Å². The lowest BCUT2D eigenvalue weighted by Gasteiger charge is -2.20. The van der Waals surface area contributed by atoms with Crippen molar-refractivity contribution in [2.24, 2.45) is 0 Å². The maximum Gasteiger partial charge on any atom is 0.224 e. The number of nitrogens with zero attached hydrogens (tertiary/aromatic N) is 3. The van der Waals surface area contributed by atoms with Gasteiger partial charge in [0.05, 0.1) is 12.5 Å². The zero-order valence-corrected chi connectivity index (χ0v) is 13.3. The maximum atomic E-state index is 5.72. The normalized spacial score (nSPS) is 10.1. The van der Waals surface area contributed by atoms with Crippen molar-refractivity contribution in [3.05, 3.63) is 11.8 Å². The highest BCUT2D eigenvalue weighted by atomic mass is 127. The van der Waals surface area contributed by atoms with Crippen molar-refractivity contribution in [1.29, 1.82) is 0.594 Å². The molecule has 1 aromatic heterocycles. The van der Waals surface area contributed by atoms with Gasteiger partial charge in [-0.1, -0.05) is 0 Å². The molecule has 0 aromatic carbocycles. The van der Waals surface area contributed by atoms with Gasteiger partial charge in [-0.2, -0.15) is 17.6 Å². The topological polar surface area (TPSA) is 50.3 Å². The molecule has 1 rings (SSSR count). The molecule has 1 N–H and O–H groups in total. The third-order valence-corrected chi connectivity index (χ3v) is 2.38. The molecule has 0 radical (unpaired) electrons. The molecule has 0 fully saturated rings. The van der Waals surface area contributed by atoms with Gasteiger partial charge in [0.15, 0.2) is 0 Å². The van der Waals surface area contributed by atoms with E-state index in [9.17, 15) is 0 Å². The van der Waals surface area contributed by atoms with Crippen molar-refractivity contribution in [3.63, 3.8) is 0 Å². The number of aryl methyl sites for hydroxylation is 1. The highest BCUT2D eigenvalue weighted by Gasteiger charge is 2.07. The van der Waals surface area contributed by atoms with Crippen LogP contribution in [0.1, 0.15) is 5.56 Å². The average Bonchev–Trinajstić information content (AvgIpc) is 2.41. The zero-order chi connectivity index (χ0) is 14.0. The first-order valence-electron chi connectivity index (χ1n) is 5.48. The number of likely N-dealkylation sites (N-methyl/N-ethyl adjacent to an activating group) is 1. The second kappa shape index (κ2) is 8.76. The molecule has 0 saturated carbocycles. The van der Waals surface area contributed by atoms with Gasteiger partial charge in [-0.25, -0.2) is 4.98 Å². The van der Waals surface area contributed by atoms with E-state index in [-0.39, 0.29) is 0 Å². The Morgan fingerprint density at radius 2 is 2.35 bits per heavy atom. The third-order valence-electron chi connectivity index (χ3n) is 2.19. The SMILES string of the molecule is CNc1ncc(C)c(N(C)CCOCS)n1.[2H]I. The van der Waals surface area contributed by atoms with Gasteiger partial charge in [0.2, 0.25) is 5.95 Å². The van der Waals surface area contributed by atoms with Gasteiger partial charge in [0, 0.05) is 32.4 Å². The second-order valence-corrected chi connectivity index (χ2v) is 3.67. The van der Waals surface area contributed by atoms with Crippen LogP contribution in [0.3, 0.4) is 0 Å². The summed E-state index contributed by atoms with van der Waals surface area (Å²) in [5, 5.41) is 2.92. The Labute approximate surface area is 125 Å². The van der Waals surface area contributed by atoms with Crippen molar-refractivity contribution in [1.82, 2.24) is 9.97 Å². The molecule has 1 heterocycles. The molecular formula is C10H19IN4OS. The number of rotatable bonds is 6. The Morgan fingerprint density at radius 3 is 2.94 bits per heavy atom. The van der Waals surface area contributed by atoms with Crippen LogP contribution in [-0.2, 0) is 4.74 Å². The molecule has 0 spiro atoms. The lowest BCUT2D eigenvalue weighted by Crippen LogP contribution is -2.24. The Morgan fingerprint density at radius 1 is 1.65 bits per heavy atom. The summed E-state index contributed by atoms with van der Waals surface area (Å²) in [7, 11) is 3.79. The predicted molar refractivity (Wildman–Crippen MR) is 84.8 cm³/mol. The van der Waals surface area contributed by atoms with Gasteiger partial charge in [-0.05, 0) is 6.92 Å². The first kappa shape index (κ1) is 14.8. The van der Waals surface area contributed by atoms with Crippen LogP contribution in [0.2, 0.25) is 0 Å². The molecule has 98 valence electrons. The van der Waals surface area contributed by atoms with Crippen LogP contribution in [0.4, 0.5) is 11.8 Å². The molecule has 0 bridgehead atoms. The van der Waals surface area contributed by atoms with E-state index >= 15 is 0 Å². The first-order chi connectivity index (χ1) is 8.69. The number of halogens is 1. The highest BCUT2D eigenvalue weighted by Crippen LogP contribution is 2.15. The zero-order valence-electron chi connectivity index (χ0n) is 11.3. The average molecular weight is 371 g/mol. The predicted octanol–water partition coefficient (Wildman–Crippen LogP) is 1.78. The molecule has 0 aliphatic rings. The summed E-state index contributed by atoms with van der Waals surface area (Å²) in [6.45, 7) is 3.41. The number of ether oxygens (including phenoxy) is 1. The second-order valence-electron chi connectivity index (χ2n) is 3.41. The number of aromatic nitrogens is 2. The van der Waals surface area contributed by atoms with Crippen molar-refractivity contribution in [2.45, 2.75) is 6.92 Å². The molecule has 17 heavy (non-hydrogen) atoms. The summed E-state index contributed by atoms with van der Waals surface area (Å²) in [6, 6.07) is 0. The Kier molecular flexibility index (Phi) is 7.62. The summed E-state index contributed by atoms with van der Waals surface area (Å²) in [4.78, 5) is 10.6. The van der Waals surface area contributed by atoms with E-state index < -0.39 is 0 Å². The van der Waals surface area contributed by atoms with Gasteiger partial charge in [-0.15, -0.1) is 23.8 Å². The number of nitrogens with one attached hydrogen (secondary N) is 1. The van der Waals surface area contributed by atoms with Gasteiger partial charge in [0.25, 0.3) is 0 Å². The first-order valence-corrected chi connectivity index (χ1v) is 5.73. The van der Waals surface area contributed by atoms with E-state index in [1.807, 2.05) is 25.1 Å². The molecule has 0 saturated heterocycles. The molecular weight excluding hydrogens is 351 g/mol. The smallest absolute Gasteiger partial charge is 0.224 e. The number of hydrogen-bond acceptors (Lipinski definition) is 6. The van der Waals surface area contributed by atoms with Gasteiger partial charge < -0.3 is 15.0 Å². The minimum absolute atomic E-state index is 0.443. The number of anilines is 2. The lowest BCUT2D eigenvalue weighted by atomic mass is 10.3. The van der Waals surface area contributed by atoms with Crippen LogP contribution in [0.15, 0.2) is 6.20 Å². The van der Waals surface area contributed by atoms with E-state index in [2.05, 4.69) is 27.9 Å². The Bertz CT molecular complexity index is 346. The maximum absolute atomic E-state index is 5.72. The molecule has 0 unspecified atom stereocenters. The van der Waals surface area contributed by atoms with Crippen molar-refractivity contribution < 1.29 is 4.74 Å². The van der Waals surface area contributed by atoms with E-state index in [1.165, 1.54) is 23.8 Å². The van der Waals surface area contributed by atoms with Crippen LogP contribution >= 0.6 is 36.4 Å². The molecule has 1 aromatic rings. The van der Waals surface area contributed by atoms with Crippen LogP contribution in [0, 0.1) is 6.92 Å². The standard InChI is InChI=1S/C10H18N4OS.HI/c1-8-6-12-10(11-2)13-9(8)14(3)4-5-15-7-16;/h6,16H,4-5,7H2,1-3H3,(H,11,12,13);1H/i/hD. The fourth-order valence-electron chi connectivity index (χ4n) is 1.31. The van der Waals surface area contributed by atoms with Gasteiger partial charge in [-0.3, -0.25) is 0 Å². The van der Waals surface area contributed by atoms with Crippen molar-refractivity contribution in [2.75, 3.05) is 43.4 Å². The Balaban J connectivity index is 0.00000137. The molecule has 0 aliphatic carbocycles. The number of hydrogen-bond donors (Lipinski definition) is 2. The van der Waals surface area contributed by atoms with Crippen LogP contribution in [0.25, 0.3) is 0 Å². The molecule has 0 aliphatic heterocycles. The van der Waals surface area contributed by atoms with Crippen LogP contribution in [-0.4, -0.2) is 43.7 Å². The third kappa shape index (κ3) is 5.26. The number of thiol groups is 1. The minimum atomic E-state index is 0.443. The van der Waals surface area contributed by atoms with Gasteiger partial charge in [0.1, 0.15) is 6.41 Å².